The normalized spacial score (nSPS) is 10.5. The Kier molecular flexibility index (Phi) is 11.7. The summed E-state index contributed by atoms with van der Waals surface area (Å²) in [7, 11) is 1.69. The molecular weight excluding hydrogens is 214 g/mol. The minimum atomic E-state index is 0.550. The van der Waals surface area contributed by atoms with Crippen LogP contribution in [0.5, 0.6) is 0 Å². The van der Waals surface area contributed by atoms with Gasteiger partial charge in [0, 0.05) is 26.9 Å². The van der Waals surface area contributed by atoms with E-state index in [-0.39, 0.29) is 0 Å². The zero-order valence-corrected chi connectivity index (χ0v) is 10.2. The molecule has 0 saturated heterocycles. The van der Waals surface area contributed by atoms with E-state index in [1.165, 1.54) is 0 Å². The van der Waals surface area contributed by atoms with E-state index in [1.807, 2.05) is 0 Å². The zero-order chi connectivity index (χ0) is 11.4. The number of hydrogen-bond donors (Lipinski definition) is 1. The summed E-state index contributed by atoms with van der Waals surface area (Å²) >= 11 is 4.74. The first kappa shape index (κ1) is 14.8. The largest absolute Gasteiger partial charge is 0.393 e. The molecule has 0 radical (unpaired) electrons. The number of thiocarbonyl (C=S) groups is 1. The van der Waals surface area contributed by atoms with Crippen molar-refractivity contribution < 1.29 is 14.2 Å². The van der Waals surface area contributed by atoms with Crippen molar-refractivity contribution in [1.82, 2.24) is 0 Å². The van der Waals surface area contributed by atoms with Crippen molar-refractivity contribution >= 4 is 17.2 Å². The molecule has 0 atom stereocenters. The van der Waals surface area contributed by atoms with Gasteiger partial charge in [-0.1, -0.05) is 12.2 Å². The zero-order valence-electron chi connectivity index (χ0n) is 9.37. The van der Waals surface area contributed by atoms with Crippen molar-refractivity contribution in [1.29, 1.82) is 0 Å². The maximum absolute atomic E-state index is 5.34. The molecule has 0 bridgehead atoms. The van der Waals surface area contributed by atoms with Crippen molar-refractivity contribution in [2.45, 2.75) is 19.3 Å². The van der Waals surface area contributed by atoms with Gasteiger partial charge in [0.05, 0.1) is 18.2 Å². The molecule has 0 spiro atoms. The van der Waals surface area contributed by atoms with Crippen LogP contribution >= 0.6 is 12.2 Å². The van der Waals surface area contributed by atoms with Crippen molar-refractivity contribution in [2.24, 2.45) is 5.73 Å². The molecule has 90 valence electrons. The van der Waals surface area contributed by atoms with Gasteiger partial charge in [0.1, 0.15) is 0 Å². The summed E-state index contributed by atoms with van der Waals surface area (Å²) in [6.45, 7) is 3.43. The number of ether oxygens (including phenoxy) is 3. The third-order valence-electron chi connectivity index (χ3n) is 1.72. The van der Waals surface area contributed by atoms with Gasteiger partial charge in [-0.2, -0.15) is 0 Å². The van der Waals surface area contributed by atoms with E-state index in [0.29, 0.717) is 24.8 Å². The molecule has 0 fully saturated rings. The Hall–Kier alpha value is -0.230. The van der Waals surface area contributed by atoms with Crippen LogP contribution in [0, 0.1) is 0 Å². The molecule has 0 aliphatic rings. The maximum atomic E-state index is 5.34. The van der Waals surface area contributed by atoms with Crippen LogP contribution in [0.3, 0.4) is 0 Å². The second-order valence-corrected chi connectivity index (χ2v) is 3.67. The standard InChI is InChI=1S/C10H21NO3S/c1-12-5-3-7-14-9-8-13-6-2-4-10(11)15/h2-9H2,1H3,(H2,11,15). The molecule has 5 heteroatoms. The number of methoxy groups -OCH3 is 1. The van der Waals surface area contributed by atoms with Gasteiger partial charge in [0.15, 0.2) is 0 Å². The van der Waals surface area contributed by atoms with Crippen LogP contribution in [0.4, 0.5) is 0 Å². The van der Waals surface area contributed by atoms with E-state index in [9.17, 15) is 0 Å². The Morgan fingerprint density at radius 1 is 1.00 bits per heavy atom. The Morgan fingerprint density at radius 3 is 2.13 bits per heavy atom. The van der Waals surface area contributed by atoms with Crippen LogP contribution in [0.2, 0.25) is 0 Å². The van der Waals surface area contributed by atoms with Crippen molar-refractivity contribution in [3.63, 3.8) is 0 Å². The SMILES string of the molecule is COCCCOCCOCCCC(N)=S. The maximum Gasteiger partial charge on any atom is 0.0728 e. The third kappa shape index (κ3) is 13.8. The molecule has 15 heavy (non-hydrogen) atoms. The Bertz CT molecular complexity index is 156. The van der Waals surface area contributed by atoms with E-state index in [4.69, 9.17) is 32.2 Å². The summed E-state index contributed by atoms with van der Waals surface area (Å²) in [5.74, 6) is 0. The molecule has 0 aromatic heterocycles. The van der Waals surface area contributed by atoms with Crippen LogP contribution in [0.1, 0.15) is 19.3 Å². The topological polar surface area (TPSA) is 53.7 Å². The average molecular weight is 235 g/mol. The van der Waals surface area contributed by atoms with Gasteiger partial charge in [0.2, 0.25) is 0 Å². The lowest BCUT2D eigenvalue weighted by atomic mass is 10.3. The predicted molar refractivity (Wildman–Crippen MR) is 64.2 cm³/mol. The number of rotatable bonds is 11. The van der Waals surface area contributed by atoms with Crippen molar-refractivity contribution in [3.05, 3.63) is 0 Å². The van der Waals surface area contributed by atoms with E-state index in [1.54, 1.807) is 7.11 Å². The van der Waals surface area contributed by atoms with Gasteiger partial charge in [-0.05, 0) is 19.3 Å². The van der Waals surface area contributed by atoms with Gasteiger partial charge in [0.25, 0.3) is 0 Å². The monoisotopic (exact) mass is 235 g/mol. The van der Waals surface area contributed by atoms with Gasteiger partial charge in [-0.25, -0.2) is 0 Å². The summed E-state index contributed by atoms with van der Waals surface area (Å²) in [5, 5.41) is 0. The van der Waals surface area contributed by atoms with E-state index in [2.05, 4.69) is 0 Å². The first-order valence-corrected chi connectivity index (χ1v) is 5.61. The lowest BCUT2D eigenvalue weighted by Gasteiger charge is -2.05. The summed E-state index contributed by atoms with van der Waals surface area (Å²) < 4.78 is 15.5. The number of nitrogens with two attached hydrogens (primary N) is 1. The van der Waals surface area contributed by atoms with E-state index in [0.717, 1.165) is 32.5 Å². The summed E-state index contributed by atoms with van der Waals surface area (Å²) in [4.78, 5) is 0.550. The Morgan fingerprint density at radius 2 is 1.60 bits per heavy atom. The summed E-state index contributed by atoms with van der Waals surface area (Å²) in [5.41, 5.74) is 5.34. The van der Waals surface area contributed by atoms with E-state index < -0.39 is 0 Å². The summed E-state index contributed by atoms with van der Waals surface area (Å²) in [6.07, 6.45) is 2.57. The van der Waals surface area contributed by atoms with Crippen LogP contribution in [-0.4, -0.2) is 45.1 Å². The molecular formula is C10H21NO3S. The molecule has 0 saturated carbocycles. The molecule has 0 aliphatic heterocycles. The van der Waals surface area contributed by atoms with Crippen molar-refractivity contribution in [2.75, 3.05) is 40.1 Å². The molecule has 0 amide bonds. The lowest BCUT2D eigenvalue weighted by Crippen LogP contribution is -2.10. The first-order chi connectivity index (χ1) is 7.27. The van der Waals surface area contributed by atoms with Gasteiger partial charge < -0.3 is 19.9 Å². The molecule has 0 rings (SSSR count). The second kappa shape index (κ2) is 11.8. The fraction of sp³-hybridized carbons (Fsp3) is 0.900. The molecule has 4 nitrogen and oxygen atoms in total. The fourth-order valence-corrected chi connectivity index (χ4v) is 1.12. The molecule has 0 aromatic carbocycles. The Balaban J connectivity index is 2.89. The highest BCUT2D eigenvalue weighted by Gasteiger charge is 1.92. The minimum absolute atomic E-state index is 0.550. The van der Waals surface area contributed by atoms with Gasteiger partial charge in [-0.15, -0.1) is 0 Å². The van der Waals surface area contributed by atoms with Gasteiger partial charge in [-0.3, -0.25) is 0 Å². The van der Waals surface area contributed by atoms with Crippen molar-refractivity contribution in [3.8, 4) is 0 Å². The van der Waals surface area contributed by atoms with Gasteiger partial charge >= 0.3 is 0 Å². The molecule has 2 N–H and O–H groups in total. The highest BCUT2D eigenvalue weighted by Crippen LogP contribution is 1.91. The van der Waals surface area contributed by atoms with Crippen LogP contribution in [-0.2, 0) is 14.2 Å². The fourth-order valence-electron chi connectivity index (χ4n) is 0.976. The second-order valence-electron chi connectivity index (χ2n) is 3.14. The smallest absolute Gasteiger partial charge is 0.0728 e. The lowest BCUT2D eigenvalue weighted by molar-refractivity contribution is 0.0396. The Labute approximate surface area is 97.1 Å². The van der Waals surface area contributed by atoms with Crippen LogP contribution in [0.15, 0.2) is 0 Å². The minimum Gasteiger partial charge on any atom is -0.393 e. The van der Waals surface area contributed by atoms with Crippen LogP contribution in [0.25, 0.3) is 0 Å². The number of hydrogen-bond acceptors (Lipinski definition) is 4. The highest BCUT2D eigenvalue weighted by molar-refractivity contribution is 7.80. The first-order valence-electron chi connectivity index (χ1n) is 5.20. The molecule has 0 aromatic rings. The van der Waals surface area contributed by atoms with E-state index >= 15 is 0 Å². The molecule has 0 heterocycles. The van der Waals surface area contributed by atoms with Crippen LogP contribution < -0.4 is 5.73 Å². The highest BCUT2D eigenvalue weighted by atomic mass is 32.1. The average Bonchev–Trinajstić information content (AvgIpc) is 2.20. The third-order valence-corrected chi connectivity index (χ3v) is 1.93. The quantitative estimate of drug-likeness (QED) is 0.430. The molecule has 0 aliphatic carbocycles. The predicted octanol–water partition coefficient (Wildman–Crippen LogP) is 1.12. The molecule has 0 unspecified atom stereocenters. The summed E-state index contributed by atoms with van der Waals surface area (Å²) in [6, 6.07) is 0.